The molecule has 2 amide bonds. The van der Waals surface area contributed by atoms with Crippen LogP contribution in [0.3, 0.4) is 0 Å². The molecule has 2 rings (SSSR count). The normalized spacial score (nSPS) is 10.5. The van der Waals surface area contributed by atoms with Crippen molar-refractivity contribution in [3.8, 4) is 0 Å². The van der Waals surface area contributed by atoms with E-state index in [1.165, 1.54) is 0 Å². The monoisotopic (exact) mass is 358 g/mol. The van der Waals surface area contributed by atoms with Gasteiger partial charge in [0.1, 0.15) is 0 Å². The first kappa shape index (κ1) is 17.1. The zero-order chi connectivity index (χ0) is 15.9. The van der Waals surface area contributed by atoms with Crippen molar-refractivity contribution in [2.75, 3.05) is 25.6 Å². The predicted molar refractivity (Wildman–Crippen MR) is 92.1 cm³/mol. The number of carbonyl (C=O) groups excluding carboxylic acids is 1. The van der Waals surface area contributed by atoms with Crippen LogP contribution >= 0.6 is 34.5 Å². The van der Waals surface area contributed by atoms with Crippen LogP contribution in [0.15, 0.2) is 35.0 Å². The summed E-state index contributed by atoms with van der Waals surface area (Å²) in [5.74, 6) is 0. The number of methoxy groups -OCH3 is 1. The average molecular weight is 359 g/mol. The van der Waals surface area contributed by atoms with Gasteiger partial charge in [-0.25, -0.2) is 4.79 Å². The summed E-state index contributed by atoms with van der Waals surface area (Å²) in [6, 6.07) is 6.78. The largest absolute Gasteiger partial charge is 0.383 e. The highest BCUT2D eigenvalue weighted by Crippen LogP contribution is 2.25. The third kappa shape index (κ3) is 4.88. The average Bonchev–Trinajstić information content (AvgIpc) is 3.00. The van der Waals surface area contributed by atoms with E-state index in [-0.39, 0.29) is 6.03 Å². The van der Waals surface area contributed by atoms with Crippen molar-refractivity contribution in [3.05, 3.63) is 50.6 Å². The number of nitrogens with one attached hydrogen (secondary N) is 1. The van der Waals surface area contributed by atoms with Gasteiger partial charge in [-0.1, -0.05) is 23.2 Å². The van der Waals surface area contributed by atoms with Gasteiger partial charge in [-0.2, -0.15) is 11.3 Å². The first-order chi connectivity index (χ1) is 10.6. The Morgan fingerprint density at radius 2 is 2.14 bits per heavy atom. The lowest BCUT2D eigenvalue weighted by molar-refractivity contribution is 0.153. The number of carbonyl (C=O) groups is 1. The molecule has 0 fully saturated rings. The van der Waals surface area contributed by atoms with Crippen molar-refractivity contribution in [1.29, 1.82) is 0 Å². The second kappa shape index (κ2) is 8.39. The standard InChI is InChI=1S/C15H16Cl2N2O2S/c1-21-6-5-19(9-11-4-7-22-10-11)15(20)18-12-2-3-13(16)14(17)8-12/h2-4,7-8,10H,5-6,9H2,1H3,(H,18,20). The van der Waals surface area contributed by atoms with Crippen LogP contribution in [0.25, 0.3) is 0 Å². The van der Waals surface area contributed by atoms with E-state index in [1.807, 2.05) is 16.8 Å². The Morgan fingerprint density at radius 1 is 1.32 bits per heavy atom. The molecule has 0 saturated carbocycles. The summed E-state index contributed by atoms with van der Waals surface area (Å²) >= 11 is 13.4. The summed E-state index contributed by atoms with van der Waals surface area (Å²) in [5.41, 5.74) is 1.69. The predicted octanol–water partition coefficient (Wildman–Crippen LogP) is 4.74. The molecular weight excluding hydrogens is 343 g/mol. The summed E-state index contributed by atoms with van der Waals surface area (Å²) in [6.45, 7) is 1.50. The van der Waals surface area contributed by atoms with Gasteiger partial charge >= 0.3 is 6.03 Å². The van der Waals surface area contributed by atoms with E-state index in [9.17, 15) is 4.79 Å². The number of thiophene rings is 1. The molecule has 0 radical (unpaired) electrons. The van der Waals surface area contributed by atoms with Crippen LogP contribution in [-0.4, -0.2) is 31.2 Å². The molecule has 1 N–H and O–H groups in total. The quantitative estimate of drug-likeness (QED) is 0.810. The first-order valence-corrected chi connectivity index (χ1v) is 8.31. The van der Waals surface area contributed by atoms with E-state index < -0.39 is 0 Å². The van der Waals surface area contributed by atoms with Gasteiger partial charge in [-0.15, -0.1) is 0 Å². The molecular formula is C15H16Cl2N2O2S. The lowest BCUT2D eigenvalue weighted by atomic mass is 10.3. The summed E-state index contributed by atoms with van der Waals surface area (Å²) in [5, 5.41) is 7.69. The molecule has 0 aliphatic carbocycles. The van der Waals surface area contributed by atoms with Crippen molar-refractivity contribution in [2.45, 2.75) is 6.54 Å². The molecule has 0 saturated heterocycles. The summed E-state index contributed by atoms with van der Waals surface area (Å²) in [6.07, 6.45) is 0. The third-order valence-corrected chi connectivity index (χ3v) is 4.45. The highest BCUT2D eigenvalue weighted by molar-refractivity contribution is 7.07. The zero-order valence-corrected chi connectivity index (χ0v) is 14.3. The minimum Gasteiger partial charge on any atom is -0.383 e. The first-order valence-electron chi connectivity index (χ1n) is 6.61. The van der Waals surface area contributed by atoms with Gasteiger partial charge in [0.05, 0.1) is 16.7 Å². The van der Waals surface area contributed by atoms with Gasteiger partial charge in [0, 0.05) is 25.9 Å². The second-order valence-electron chi connectivity index (χ2n) is 4.60. The highest BCUT2D eigenvalue weighted by atomic mass is 35.5. The van der Waals surface area contributed by atoms with Crippen LogP contribution in [0.2, 0.25) is 10.0 Å². The molecule has 0 atom stereocenters. The van der Waals surface area contributed by atoms with Crippen molar-refractivity contribution < 1.29 is 9.53 Å². The topological polar surface area (TPSA) is 41.6 Å². The Labute approximate surface area is 143 Å². The summed E-state index contributed by atoms with van der Waals surface area (Å²) in [4.78, 5) is 14.1. The molecule has 0 aliphatic heterocycles. The molecule has 0 unspecified atom stereocenters. The van der Waals surface area contributed by atoms with Crippen LogP contribution in [0.5, 0.6) is 0 Å². The lowest BCUT2D eigenvalue weighted by Gasteiger charge is -2.22. The molecule has 1 aromatic heterocycles. The zero-order valence-electron chi connectivity index (χ0n) is 12.0. The van der Waals surface area contributed by atoms with Crippen LogP contribution in [0, 0.1) is 0 Å². The number of nitrogens with zero attached hydrogens (tertiary/aromatic N) is 1. The Hall–Kier alpha value is -1.27. The SMILES string of the molecule is COCCN(Cc1ccsc1)C(=O)Nc1ccc(Cl)c(Cl)c1. The number of amides is 2. The molecule has 0 bridgehead atoms. The Morgan fingerprint density at radius 3 is 2.77 bits per heavy atom. The fourth-order valence-electron chi connectivity index (χ4n) is 1.83. The maximum Gasteiger partial charge on any atom is 0.322 e. The van der Waals surface area contributed by atoms with E-state index in [2.05, 4.69) is 5.32 Å². The van der Waals surface area contributed by atoms with Gasteiger partial charge < -0.3 is 15.0 Å². The molecule has 1 heterocycles. The van der Waals surface area contributed by atoms with Crippen LogP contribution in [0.4, 0.5) is 10.5 Å². The summed E-state index contributed by atoms with van der Waals surface area (Å²) in [7, 11) is 1.61. The van der Waals surface area contributed by atoms with Crippen LogP contribution in [0.1, 0.15) is 5.56 Å². The number of urea groups is 1. The van der Waals surface area contributed by atoms with Crippen molar-refractivity contribution >= 4 is 46.3 Å². The Kier molecular flexibility index (Phi) is 6.51. The van der Waals surface area contributed by atoms with Crippen LogP contribution in [-0.2, 0) is 11.3 Å². The number of rotatable bonds is 6. The van der Waals surface area contributed by atoms with E-state index in [1.54, 1.807) is 41.5 Å². The molecule has 0 spiro atoms. The molecule has 1 aromatic carbocycles. The van der Waals surface area contributed by atoms with E-state index in [0.29, 0.717) is 35.4 Å². The molecule has 118 valence electrons. The minimum atomic E-state index is -0.207. The van der Waals surface area contributed by atoms with Crippen molar-refractivity contribution in [1.82, 2.24) is 4.90 Å². The molecule has 2 aromatic rings. The maximum absolute atomic E-state index is 12.4. The lowest BCUT2D eigenvalue weighted by Crippen LogP contribution is -2.36. The number of halogens is 2. The van der Waals surface area contributed by atoms with Gasteiger partial charge in [-0.05, 0) is 40.6 Å². The smallest absolute Gasteiger partial charge is 0.322 e. The van der Waals surface area contributed by atoms with Crippen LogP contribution < -0.4 is 5.32 Å². The van der Waals surface area contributed by atoms with Gasteiger partial charge in [-0.3, -0.25) is 0 Å². The van der Waals surface area contributed by atoms with Gasteiger partial charge in [0.2, 0.25) is 0 Å². The second-order valence-corrected chi connectivity index (χ2v) is 6.20. The van der Waals surface area contributed by atoms with E-state index in [0.717, 1.165) is 5.56 Å². The third-order valence-electron chi connectivity index (χ3n) is 2.98. The van der Waals surface area contributed by atoms with Gasteiger partial charge in [0.15, 0.2) is 0 Å². The number of hydrogen-bond donors (Lipinski definition) is 1. The van der Waals surface area contributed by atoms with Crippen molar-refractivity contribution in [2.24, 2.45) is 0 Å². The summed E-state index contributed by atoms with van der Waals surface area (Å²) < 4.78 is 5.07. The van der Waals surface area contributed by atoms with E-state index >= 15 is 0 Å². The number of anilines is 1. The molecule has 0 aliphatic rings. The fraction of sp³-hybridized carbons (Fsp3) is 0.267. The Bertz CT molecular complexity index is 620. The number of benzene rings is 1. The van der Waals surface area contributed by atoms with Crippen molar-refractivity contribution in [3.63, 3.8) is 0 Å². The minimum absolute atomic E-state index is 0.207. The maximum atomic E-state index is 12.4. The molecule has 7 heteroatoms. The molecule has 22 heavy (non-hydrogen) atoms. The Balaban J connectivity index is 2.05. The van der Waals surface area contributed by atoms with E-state index in [4.69, 9.17) is 27.9 Å². The molecule has 4 nitrogen and oxygen atoms in total. The number of ether oxygens (including phenoxy) is 1. The van der Waals surface area contributed by atoms with Gasteiger partial charge in [0.25, 0.3) is 0 Å². The highest BCUT2D eigenvalue weighted by Gasteiger charge is 2.14. The fourth-order valence-corrected chi connectivity index (χ4v) is 2.79. The number of hydrogen-bond acceptors (Lipinski definition) is 3.